The summed E-state index contributed by atoms with van der Waals surface area (Å²) in [7, 11) is 0. The van der Waals surface area contributed by atoms with Crippen molar-refractivity contribution in [3.05, 3.63) is 64.7 Å². The van der Waals surface area contributed by atoms with Crippen LogP contribution in [-0.2, 0) is 6.42 Å². The quantitative estimate of drug-likeness (QED) is 0.909. The Labute approximate surface area is 122 Å². The second-order valence-electron chi connectivity index (χ2n) is 4.92. The summed E-state index contributed by atoms with van der Waals surface area (Å²) in [6, 6.07) is 4.52. The summed E-state index contributed by atoms with van der Waals surface area (Å²) in [5.74, 6) is -2.69. The van der Waals surface area contributed by atoms with Crippen LogP contribution in [0.3, 0.4) is 0 Å². The van der Waals surface area contributed by atoms with Gasteiger partial charge in [0.05, 0.1) is 0 Å². The summed E-state index contributed by atoms with van der Waals surface area (Å²) >= 11 is 0. The molecule has 0 aliphatic carbocycles. The van der Waals surface area contributed by atoms with E-state index < -0.39 is 23.5 Å². The summed E-state index contributed by atoms with van der Waals surface area (Å²) in [6.07, 6.45) is 2.03. The number of benzene rings is 1. The van der Waals surface area contributed by atoms with Crippen LogP contribution in [0.2, 0.25) is 0 Å². The smallest absolute Gasteiger partial charge is 0.133 e. The number of aryl methyl sites for hydroxylation is 1. The number of hydrogen-bond donors (Lipinski definition) is 1. The van der Waals surface area contributed by atoms with Gasteiger partial charge < -0.3 is 5.32 Å². The summed E-state index contributed by atoms with van der Waals surface area (Å²) in [6.45, 7) is 4.29. The zero-order valence-electron chi connectivity index (χ0n) is 12.0. The standard InChI is InChI=1S/C16H17F3N2/c1-3-20-15(8-12-5-4-10(2)9-21-12)16-13(18)6-11(17)7-14(16)19/h4-7,9,15,20H,3,8H2,1-2H3. The number of nitrogens with zero attached hydrogens (tertiary/aromatic N) is 1. The molecule has 0 aliphatic heterocycles. The third-order valence-electron chi connectivity index (χ3n) is 3.23. The van der Waals surface area contributed by atoms with Crippen molar-refractivity contribution in [1.82, 2.24) is 10.3 Å². The molecule has 1 heterocycles. The molecule has 2 aromatic rings. The topological polar surface area (TPSA) is 24.9 Å². The molecule has 2 rings (SSSR count). The van der Waals surface area contributed by atoms with Gasteiger partial charge >= 0.3 is 0 Å². The molecular formula is C16H17F3N2. The Hall–Kier alpha value is -1.88. The Morgan fingerprint density at radius 3 is 2.33 bits per heavy atom. The summed E-state index contributed by atoms with van der Waals surface area (Å²) in [5, 5.41) is 3.02. The van der Waals surface area contributed by atoms with Gasteiger partial charge in [0.25, 0.3) is 0 Å². The van der Waals surface area contributed by atoms with E-state index in [0.29, 0.717) is 25.1 Å². The predicted molar refractivity (Wildman–Crippen MR) is 75.4 cm³/mol. The van der Waals surface area contributed by atoms with E-state index in [-0.39, 0.29) is 5.56 Å². The number of hydrogen-bond acceptors (Lipinski definition) is 2. The number of aromatic nitrogens is 1. The fourth-order valence-corrected chi connectivity index (χ4v) is 2.24. The SMILES string of the molecule is CCNC(Cc1ccc(C)cn1)c1c(F)cc(F)cc1F. The number of likely N-dealkylation sites (N-methyl/N-ethyl adjacent to an activating group) is 1. The lowest BCUT2D eigenvalue weighted by Crippen LogP contribution is -2.25. The molecule has 1 unspecified atom stereocenters. The van der Waals surface area contributed by atoms with Gasteiger partial charge in [-0.05, 0) is 25.1 Å². The third-order valence-corrected chi connectivity index (χ3v) is 3.23. The highest BCUT2D eigenvalue weighted by Crippen LogP contribution is 2.24. The van der Waals surface area contributed by atoms with E-state index in [1.54, 1.807) is 6.20 Å². The molecule has 5 heteroatoms. The molecule has 0 saturated heterocycles. The van der Waals surface area contributed by atoms with Crippen LogP contribution in [-0.4, -0.2) is 11.5 Å². The summed E-state index contributed by atoms with van der Waals surface area (Å²) in [4.78, 5) is 4.24. The lowest BCUT2D eigenvalue weighted by atomic mass is 10.00. The second kappa shape index (κ2) is 6.72. The van der Waals surface area contributed by atoms with Gasteiger partial charge in [-0.1, -0.05) is 13.0 Å². The Bertz CT molecular complexity index is 588. The predicted octanol–water partition coefficient (Wildman–Crippen LogP) is 3.70. The van der Waals surface area contributed by atoms with Crippen LogP contribution < -0.4 is 5.32 Å². The zero-order chi connectivity index (χ0) is 15.4. The van der Waals surface area contributed by atoms with Gasteiger partial charge in [-0.25, -0.2) is 13.2 Å². The number of rotatable bonds is 5. The van der Waals surface area contributed by atoms with E-state index in [1.807, 2.05) is 26.0 Å². The highest BCUT2D eigenvalue weighted by Gasteiger charge is 2.21. The van der Waals surface area contributed by atoms with Crippen molar-refractivity contribution in [2.45, 2.75) is 26.3 Å². The molecule has 112 valence electrons. The molecule has 0 aliphatic rings. The molecule has 1 N–H and O–H groups in total. The minimum Gasteiger partial charge on any atom is -0.310 e. The minimum absolute atomic E-state index is 0.152. The molecule has 1 aromatic heterocycles. The van der Waals surface area contributed by atoms with Crippen molar-refractivity contribution in [3.8, 4) is 0 Å². The van der Waals surface area contributed by atoms with Crippen molar-refractivity contribution in [2.75, 3.05) is 6.54 Å². The fourth-order valence-electron chi connectivity index (χ4n) is 2.24. The molecule has 1 atom stereocenters. The van der Waals surface area contributed by atoms with Crippen molar-refractivity contribution in [2.24, 2.45) is 0 Å². The van der Waals surface area contributed by atoms with Crippen molar-refractivity contribution in [3.63, 3.8) is 0 Å². The molecule has 0 bridgehead atoms. The van der Waals surface area contributed by atoms with Crippen LogP contribution in [0.25, 0.3) is 0 Å². The number of nitrogens with one attached hydrogen (secondary N) is 1. The number of pyridine rings is 1. The van der Waals surface area contributed by atoms with Crippen LogP contribution in [0.5, 0.6) is 0 Å². The molecule has 0 saturated carbocycles. The third kappa shape index (κ3) is 3.82. The first-order chi connectivity index (χ1) is 10.0. The van der Waals surface area contributed by atoms with Crippen LogP contribution in [0.1, 0.15) is 29.8 Å². The summed E-state index contributed by atoms with van der Waals surface area (Å²) < 4.78 is 40.8. The first kappa shape index (κ1) is 15.5. The zero-order valence-corrected chi connectivity index (χ0v) is 12.0. The number of halogens is 3. The van der Waals surface area contributed by atoms with Crippen molar-refractivity contribution < 1.29 is 13.2 Å². The maximum absolute atomic E-state index is 13.9. The Morgan fingerprint density at radius 1 is 1.14 bits per heavy atom. The minimum atomic E-state index is -0.919. The fraction of sp³-hybridized carbons (Fsp3) is 0.312. The molecule has 0 radical (unpaired) electrons. The first-order valence-corrected chi connectivity index (χ1v) is 6.80. The monoisotopic (exact) mass is 294 g/mol. The lowest BCUT2D eigenvalue weighted by Gasteiger charge is -2.19. The van der Waals surface area contributed by atoms with Gasteiger partial charge in [0.15, 0.2) is 0 Å². The van der Waals surface area contributed by atoms with Gasteiger partial charge in [-0.3, -0.25) is 4.98 Å². The van der Waals surface area contributed by atoms with Crippen LogP contribution in [0.4, 0.5) is 13.2 Å². The highest BCUT2D eigenvalue weighted by atomic mass is 19.1. The van der Waals surface area contributed by atoms with E-state index in [1.165, 1.54) is 0 Å². The van der Waals surface area contributed by atoms with Crippen molar-refractivity contribution in [1.29, 1.82) is 0 Å². The molecule has 0 fully saturated rings. The van der Waals surface area contributed by atoms with E-state index in [9.17, 15) is 13.2 Å². The Morgan fingerprint density at radius 2 is 1.81 bits per heavy atom. The molecule has 2 nitrogen and oxygen atoms in total. The lowest BCUT2D eigenvalue weighted by molar-refractivity contribution is 0.460. The normalized spacial score (nSPS) is 12.4. The first-order valence-electron chi connectivity index (χ1n) is 6.80. The molecule has 0 spiro atoms. The van der Waals surface area contributed by atoms with Gasteiger partial charge in [-0.2, -0.15) is 0 Å². The average Bonchev–Trinajstić information content (AvgIpc) is 2.40. The van der Waals surface area contributed by atoms with E-state index >= 15 is 0 Å². The summed E-state index contributed by atoms with van der Waals surface area (Å²) in [5.41, 5.74) is 1.58. The van der Waals surface area contributed by atoms with Gasteiger partial charge in [0.2, 0.25) is 0 Å². The highest BCUT2D eigenvalue weighted by molar-refractivity contribution is 5.26. The van der Waals surface area contributed by atoms with E-state index in [0.717, 1.165) is 11.3 Å². The molecule has 0 amide bonds. The van der Waals surface area contributed by atoms with Gasteiger partial charge in [-0.15, -0.1) is 0 Å². The van der Waals surface area contributed by atoms with Crippen LogP contribution in [0.15, 0.2) is 30.5 Å². The van der Waals surface area contributed by atoms with E-state index in [2.05, 4.69) is 10.3 Å². The second-order valence-corrected chi connectivity index (χ2v) is 4.92. The van der Waals surface area contributed by atoms with E-state index in [4.69, 9.17) is 0 Å². The molecule has 21 heavy (non-hydrogen) atoms. The van der Waals surface area contributed by atoms with Crippen molar-refractivity contribution >= 4 is 0 Å². The average molecular weight is 294 g/mol. The molecular weight excluding hydrogens is 277 g/mol. The van der Waals surface area contributed by atoms with Crippen LogP contribution >= 0.6 is 0 Å². The maximum Gasteiger partial charge on any atom is 0.133 e. The van der Waals surface area contributed by atoms with Gasteiger partial charge in [0, 0.05) is 42.0 Å². The van der Waals surface area contributed by atoms with Crippen LogP contribution in [0, 0.1) is 24.4 Å². The Kier molecular flexibility index (Phi) is 4.96. The Balaban J connectivity index is 2.33. The largest absolute Gasteiger partial charge is 0.310 e. The van der Waals surface area contributed by atoms with Gasteiger partial charge in [0.1, 0.15) is 17.5 Å². The molecule has 1 aromatic carbocycles. The maximum atomic E-state index is 13.9.